The molecule has 0 spiro atoms. The summed E-state index contributed by atoms with van der Waals surface area (Å²) < 4.78 is 42.6. The summed E-state index contributed by atoms with van der Waals surface area (Å²) in [6.45, 7) is 7.84. The molecule has 0 aliphatic carbocycles. The van der Waals surface area contributed by atoms with E-state index in [1.807, 2.05) is 64.1 Å². The van der Waals surface area contributed by atoms with E-state index in [0.29, 0.717) is 16.7 Å². The number of nitrogens with zero attached hydrogens (tertiary/aromatic N) is 5. The Hall–Kier alpha value is -4.45. The lowest BCUT2D eigenvalue weighted by Crippen LogP contribution is -2.31. The van der Waals surface area contributed by atoms with Crippen LogP contribution in [0.4, 0.5) is 18.9 Å². The summed E-state index contributed by atoms with van der Waals surface area (Å²) in [6.07, 6.45) is -3.13. The van der Waals surface area contributed by atoms with Crippen molar-refractivity contribution >= 4 is 34.4 Å². The number of aliphatic imine (C=N–C) groups is 1. The van der Waals surface area contributed by atoms with Crippen molar-refractivity contribution in [2.24, 2.45) is 4.99 Å². The normalized spacial score (nSPS) is 15.3. The van der Waals surface area contributed by atoms with E-state index in [2.05, 4.69) is 19.8 Å². The van der Waals surface area contributed by atoms with Gasteiger partial charge in [-0.3, -0.25) is 14.5 Å². The number of amidine groups is 1. The van der Waals surface area contributed by atoms with E-state index in [4.69, 9.17) is 0 Å². The number of anilines is 1. The Bertz CT molecular complexity index is 1680. The Balaban J connectivity index is 1.25. The van der Waals surface area contributed by atoms with Gasteiger partial charge in [-0.2, -0.15) is 4.99 Å². The van der Waals surface area contributed by atoms with E-state index < -0.39 is 6.36 Å². The Morgan fingerprint density at radius 2 is 1.70 bits per heavy atom. The summed E-state index contributed by atoms with van der Waals surface area (Å²) >= 11 is 1.27. The third-order valence-corrected chi connectivity index (χ3v) is 7.81. The van der Waals surface area contributed by atoms with Gasteiger partial charge in [-0.1, -0.05) is 60.6 Å². The number of amides is 2. The van der Waals surface area contributed by atoms with Crippen LogP contribution in [-0.2, 0) is 9.59 Å². The van der Waals surface area contributed by atoms with Gasteiger partial charge in [-0.15, -0.1) is 18.3 Å². The quantitative estimate of drug-likeness (QED) is 0.227. The first-order chi connectivity index (χ1) is 20.4. The summed E-state index contributed by atoms with van der Waals surface area (Å²) in [4.78, 5) is 35.9. The van der Waals surface area contributed by atoms with Crippen molar-refractivity contribution < 1.29 is 27.5 Å². The van der Waals surface area contributed by atoms with Crippen LogP contribution in [-0.4, -0.2) is 43.9 Å². The lowest BCUT2D eigenvalue weighted by molar-refractivity contribution is -0.274. The molecule has 1 saturated heterocycles. The van der Waals surface area contributed by atoms with Gasteiger partial charge in [-0.25, -0.2) is 9.67 Å². The van der Waals surface area contributed by atoms with Crippen LogP contribution in [0, 0.1) is 20.8 Å². The van der Waals surface area contributed by atoms with Crippen LogP contribution in [0.2, 0.25) is 0 Å². The Labute approximate surface area is 250 Å². The van der Waals surface area contributed by atoms with Gasteiger partial charge >= 0.3 is 6.36 Å². The van der Waals surface area contributed by atoms with E-state index >= 15 is 0 Å². The molecule has 1 aliphatic heterocycles. The van der Waals surface area contributed by atoms with Gasteiger partial charge in [0.2, 0.25) is 11.8 Å². The summed E-state index contributed by atoms with van der Waals surface area (Å²) in [7, 11) is 0. The molecule has 8 nitrogen and oxygen atoms in total. The molecule has 4 aromatic rings. The molecule has 1 unspecified atom stereocenters. The standard InChI is InChI=1S/C31H28F3N5O3S/c1-18-13-20(3)28(21(4)14-18)39-27(41)16-43-30(39)36-26(40)15-19(2)22-5-7-23(8-6-22)29-35-17-38(37-29)24-9-11-25(12-10-24)42-31(32,33)34/h5-14,17,19H,15-16H2,1-4H3. The fraction of sp³-hybridized carbons (Fsp3) is 0.258. The zero-order valence-electron chi connectivity index (χ0n) is 23.8. The predicted octanol–water partition coefficient (Wildman–Crippen LogP) is 6.91. The van der Waals surface area contributed by atoms with Crippen LogP contribution >= 0.6 is 11.8 Å². The highest BCUT2D eigenvalue weighted by Crippen LogP contribution is 2.33. The van der Waals surface area contributed by atoms with Crippen LogP contribution in [0.5, 0.6) is 5.75 Å². The molecule has 2 heterocycles. The average molecular weight is 608 g/mol. The summed E-state index contributed by atoms with van der Waals surface area (Å²) in [5.74, 6) is -0.200. The lowest BCUT2D eigenvalue weighted by atomic mass is 9.96. The first-order valence-corrected chi connectivity index (χ1v) is 14.4. The van der Waals surface area contributed by atoms with Crippen molar-refractivity contribution in [3.05, 3.63) is 89.2 Å². The van der Waals surface area contributed by atoms with Crippen molar-refractivity contribution in [1.82, 2.24) is 14.8 Å². The highest BCUT2D eigenvalue weighted by Gasteiger charge is 2.33. The number of halogens is 3. The van der Waals surface area contributed by atoms with E-state index in [1.54, 1.807) is 4.90 Å². The van der Waals surface area contributed by atoms with Crippen LogP contribution in [0.25, 0.3) is 17.1 Å². The molecular weight excluding hydrogens is 579 g/mol. The minimum atomic E-state index is -4.76. The van der Waals surface area contributed by atoms with Crippen molar-refractivity contribution in [2.45, 2.75) is 46.4 Å². The minimum Gasteiger partial charge on any atom is -0.406 e. The molecule has 1 aliphatic rings. The number of carbonyl (C=O) groups excluding carboxylic acids is 2. The monoisotopic (exact) mass is 607 g/mol. The Morgan fingerprint density at radius 3 is 2.33 bits per heavy atom. The molecule has 222 valence electrons. The number of alkyl halides is 3. The van der Waals surface area contributed by atoms with Gasteiger partial charge in [-0.05, 0) is 67.6 Å². The SMILES string of the molecule is Cc1cc(C)c(N2C(=O)CSC2=NC(=O)CC(C)c2ccc(-c3ncn(-c4ccc(OC(F)(F)F)cc4)n3)cc2)c(C)c1. The first-order valence-electron chi connectivity index (χ1n) is 13.4. The maximum Gasteiger partial charge on any atom is 0.573 e. The molecule has 0 saturated carbocycles. The fourth-order valence-corrected chi connectivity index (χ4v) is 5.87. The predicted molar refractivity (Wildman–Crippen MR) is 160 cm³/mol. The molecule has 1 aromatic heterocycles. The van der Waals surface area contributed by atoms with Crippen molar-refractivity contribution in [2.75, 3.05) is 10.7 Å². The minimum absolute atomic E-state index is 0.0984. The summed E-state index contributed by atoms with van der Waals surface area (Å²) in [6, 6.07) is 16.8. The third-order valence-electron chi connectivity index (χ3n) is 6.89. The fourth-order valence-electron chi connectivity index (χ4n) is 5.00. The largest absolute Gasteiger partial charge is 0.573 e. The van der Waals surface area contributed by atoms with Crippen molar-refractivity contribution in [3.8, 4) is 22.8 Å². The lowest BCUT2D eigenvalue weighted by Gasteiger charge is -2.21. The van der Waals surface area contributed by atoms with Gasteiger partial charge in [0, 0.05) is 12.0 Å². The van der Waals surface area contributed by atoms with Crippen LogP contribution in [0.3, 0.4) is 0 Å². The van der Waals surface area contributed by atoms with E-state index in [9.17, 15) is 22.8 Å². The van der Waals surface area contributed by atoms with Gasteiger partial charge < -0.3 is 4.74 Å². The maximum absolute atomic E-state index is 13.0. The van der Waals surface area contributed by atoms with Gasteiger partial charge in [0.25, 0.3) is 0 Å². The number of hydrogen-bond donors (Lipinski definition) is 0. The number of ether oxygens (including phenoxy) is 1. The smallest absolute Gasteiger partial charge is 0.406 e. The van der Waals surface area contributed by atoms with Crippen LogP contribution < -0.4 is 9.64 Å². The molecule has 5 rings (SSSR count). The molecule has 3 aromatic carbocycles. The number of thioether (sulfide) groups is 1. The van der Waals surface area contributed by atoms with E-state index in [-0.39, 0.29) is 35.7 Å². The molecular formula is C31H28F3N5O3S. The second-order valence-corrected chi connectivity index (χ2v) is 11.3. The number of hydrogen-bond acceptors (Lipinski definition) is 6. The van der Waals surface area contributed by atoms with Gasteiger partial charge in [0.1, 0.15) is 12.1 Å². The summed E-state index contributed by atoms with van der Waals surface area (Å²) in [5.41, 5.74) is 5.97. The Kier molecular flexibility index (Phi) is 8.41. The number of rotatable bonds is 7. The van der Waals surface area contributed by atoms with Crippen molar-refractivity contribution in [1.29, 1.82) is 0 Å². The molecule has 0 radical (unpaired) electrons. The molecule has 2 amide bonds. The number of benzene rings is 3. The molecule has 1 atom stereocenters. The maximum atomic E-state index is 13.0. The van der Waals surface area contributed by atoms with E-state index in [0.717, 1.165) is 33.5 Å². The van der Waals surface area contributed by atoms with Crippen LogP contribution in [0.1, 0.15) is 41.5 Å². The molecule has 0 N–H and O–H groups in total. The average Bonchev–Trinajstić information content (AvgIpc) is 3.56. The zero-order valence-corrected chi connectivity index (χ0v) is 24.7. The second-order valence-electron chi connectivity index (χ2n) is 10.3. The molecule has 0 bridgehead atoms. The molecule has 12 heteroatoms. The van der Waals surface area contributed by atoms with Gasteiger partial charge in [0.05, 0.1) is 17.1 Å². The first kappa shape index (κ1) is 30.0. The third kappa shape index (κ3) is 6.96. The number of carbonyl (C=O) groups is 2. The topological polar surface area (TPSA) is 89.7 Å². The molecule has 1 fully saturated rings. The van der Waals surface area contributed by atoms with Gasteiger partial charge in [0.15, 0.2) is 11.0 Å². The number of aromatic nitrogens is 3. The summed E-state index contributed by atoms with van der Waals surface area (Å²) in [5, 5.41) is 4.83. The second kappa shape index (κ2) is 12.0. The molecule has 43 heavy (non-hydrogen) atoms. The van der Waals surface area contributed by atoms with E-state index in [1.165, 1.54) is 47.0 Å². The zero-order chi connectivity index (χ0) is 30.9. The highest BCUT2D eigenvalue weighted by molar-refractivity contribution is 8.15. The van der Waals surface area contributed by atoms with Crippen molar-refractivity contribution in [3.63, 3.8) is 0 Å². The highest BCUT2D eigenvalue weighted by atomic mass is 32.2. The Morgan fingerprint density at radius 1 is 1.05 bits per heavy atom. The number of aryl methyl sites for hydroxylation is 3. The van der Waals surface area contributed by atoms with Crippen LogP contribution in [0.15, 0.2) is 72.0 Å².